The molecular formula is C28H51N7O7S. The van der Waals surface area contributed by atoms with Crippen LogP contribution in [0.3, 0.4) is 0 Å². The van der Waals surface area contributed by atoms with Gasteiger partial charge in [0.15, 0.2) is 0 Å². The fourth-order valence-corrected chi connectivity index (χ4v) is 6.04. The Morgan fingerprint density at radius 1 is 1.02 bits per heavy atom. The van der Waals surface area contributed by atoms with E-state index in [0.717, 1.165) is 12.8 Å². The van der Waals surface area contributed by atoms with Crippen molar-refractivity contribution in [3.05, 3.63) is 0 Å². The Balaban J connectivity index is 2.11. The largest absolute Gasteiger partial charge is 0.363 e. The molecule has 15 heteroatoms. The first-order valence-corrected chi connectivity index (χ1v) is 15.9. The maximum absolute atomic E-state index is 14.0. The summed E-state index contributed by atoms with van der Waals surface area (Å²) in [7, 11) is 0. The smallest absolute Gasteiger partial charge is 0.315 e. The van der Waals surface area contributed by atoms with Crippen molar-refractivity contribution in [1.82, 2.24) is 30.5 Å². The van der Waals surface area contributed by atoms with Crippen LogP contribution in [0.25, 0.3) is 0 Å². The van der Waals surface area contributed by atoms with E-state index in [1.807, 2.05) is 55.4 Å². The number of ketones is 1. The van der Waals surface area contributed by atoms with Crippen LogP contribution in [-0.2, 0) is 30.4 Å². The van der Waals surface area contributed by atoms with Gasteiger partial charge in [-0.25, -0.2) is 9.00 Å². The fraction of sp³-hybridized carbons (Fsp3) is 0.821. The Bertz CT molecular complexity index is 1070. The quantitative estimate of drug-likeness (QED) is 0.0872. The summed E-state index contributed by atoms with van der Waals surface area (Å²) in [4.78, 5) is 64.7. The van der Waals surface area contributed by atoms with Gasteiger partial charge in [0, 0.05) is 38.3 Å². The number of carbonyl (C=O) groups excluding carboxylic acids is 5. The maximum atomic E-state index is 14.0. The van der Waals surface area contributed by atoms with Gasteiger partial charge in [-0.1, -0.05) is 41.5 Å². The summed E-state index contributed by atoms with van der Waals surface area (Å²) < 4.78 is 22.5. The highest BCUT2D eigenvalue weighted by Crippen LogP contribution is 2.45. The molecule has 7 N–H and O–H groups in total. The third kappa shape index (κ3) is 9.95. The van der Waals surface area contributed by atoms with Crippen LogP contribution in [0.15, 0.2) is 0 Å². The molecule has 0 aromatic rings. The number of rotatable bonds is 14. The van der Waals surface area contributed by atoms with Gasteiger partial charge in [0.25, 0.3) is 5.91 Å². The number of amides is 5. The minimum absolute atomic E-state index is 0.0618. The van der Waals surface area contributed by atoms with Crippen LogP contribution in [0.2, 0.25) is 0 Å². The number of Topliss-reactive ketones (excluding diaryl/α,β-unsaturated/α-hetero) is 1. The van der Waals surface area contributed by atoms with Crippen LogP contribution >= 0.6 is 0 Å². The first-order valence-electron chi connectivity index (χ1n) is 14.8. The zero-order chi connectivity index (χ0) is 32.9. The van der Waals surface area contributed by atoms with E-state index in [9.17, 15) is 32.7 Å². The van der Waals surface area contributed by atoms with Crippen molar-refractivity contribution in [2.45, 2.75) is 92.4 Å². The molecule has 1 heterocycles. The monoisotopic (exact) mass is 629 g/mol. The zero-order valence-corrected chi connectivity index (χ0v) is 27.5. The molecule has 2 fully saturated rings. The number of urea groups is 1. The van der Waals surface area contributed by atoms with Crippen molar-refractivity contribution in [3.8, 4) is 0 Å². The van der Waals surface area contributed by atoms with Crippen LogP contribution in [0.5, 0.6) is 0 Å². The van der Waals surface area contributed by atoms with E-state index in [2.05, 4.69) is 21.3 Å². The number of likely N-dealkylation sites (tertiary alicyclic amines) is 1. The Morgan fingerprint density at radius 3 is 2.12 bits per heavy atom. The minimum Gasteiger partial charge on any atom is -0.363 e. The van der Waals surface area contributed by atoms with E-state index in [-0.39, 0.29) is 29.3 Å². The number of hydrogen-bond acceptors (Lipinski definition) is 7. The van der Waals surface area contributed by atoms with Crippen LogP contribution < -0.4 is 27.0 Å². The summed E-state index contributed by atoms with van der Waals surface area (Å²) in [6.07, 6.45) is 1.63. The minimum atomic E-state index is -2.09. The molecule has 1 unspecified atom stereocenters. The Labute approximate surface area is 257 Å². The molecule has 2 aliphatic rings. The molecule has 0 bridgehead atoms. The van der Waals surface area contributed by atoms with Gasteiger partial charge in [-0.15, -0.1) is 0 Å². The Kier molecular flexibility index (Phi) is 12.7. The lowest BCUT2D eigenvalue weighted by molar-refractivity contribution is -0.143. The normalized spacial score (nSPS) is 22.3. The van der Waals surface area contributed by atoms with Crippen molar-refractivity contribution in [2.24, 2.45) is 28.4 Å². The van der Waals surface area contributed by atoms with E-state index in [1.165, 1.54) is 9.21 Å². The standard InChI is InChI=1S/C28H51N7O7S/c1-16(2)35(43(41)42)12-11-30-14-20(27(3,4)5)32-26(40)33-22(28(6,7)8)25(39)34-15-17-9-10-18(17)21(34)24(38)31-13-19(36)23(29)37/h16-18,20-22,30H,9-15H2,1-8H3,(H2,29,37)(H,31,38)(H,41,42)(H2,32,33,40)/t17-,18-,20+,21-,22+/m0/s1. The summed E-state index contributed by atoms with van der Waals surface area (Å²) in [5.41, 5.74) is 3.94. The van der Waals surface area contributed by atoms with E-state index in [4.69, 9.17) is 5.73 Å². The average Bonchev–Trinajstić information content (AvgIpc) is 3.12. The predicted octanol–water partition coefficient (Wildman–Crippen LogP) is -0.0407. The van der Waals surface area contributed by atoms with E-state index in [0.29, 0.717) is 26.2 Å². The highest BCUT2D eigenvalue weighted by Gasteiger charge is 2.53. The summed E-state index contributed by atoms with van der Waals surface area (Å²) in [5, 5.41) is 11.5. The average molecular weight is 630 g/mol. The molecule has 0 aromatic carbocycles. The van der Waals surface area contributed by atoms with Gasteiger partial charge >= 0.3 is 6.03 Å². The molecule has 2 rings (SSSR count). The highest BCUT2D eigenvalue weighted by atomic mass is 32.2. The first kappa shape index (κ1) is 36.6. The molecule has 43 heavy (non-hydrogen) atoms. The number of nitrogens with one attached hydrogen (secondary N) is 4. The van der Waals surface area contributed by atoms with Crippen molar-refractivity contribution in [1.29, 1.82) is 0 Å². The third-order valence-corrected chi connectivity index (χ3v) is 9.28. The molecule has 14 nitrogen and oxygen atoms in total. The second-order valence-electron chi connectivity index (χ2n) is 13.9. The van der Waals surface area contributed by atoms with Crippen LogP contribution in [0.1, 0.15) is 68.2 Å². The number of primary amides is 1. The summed E-state index contributed by atoms with van der Waals surface area (Å²) in [6, 6.07) is -2.77. The lowest BCUT2D eigenvalue weighted by Gasteiger charge is -2.37. The molecule has 0 radical (unpaired) electrons. The molecule has 1 aliphatic carbocycles. The Hall–Kier alpha value is -2.62. The van der Waals surface area contributed by atoms with Gasteiger partial charge in [0.05, 0.1) is 6.54 Å². The number of carbonyl (C=O) groups is 5. The molecule has 1 saturated heterocycles. The second-order valence-corrected chi connectivity index (χ2v) is 14.9. The molecule has 246 valence electrons. The van der Waals surface area contributed by atoms with Gasteiger partial charge in [-0.3, -0.25) is 23.7 Å². The number of hydrogen-bond donors (Lipinski definition) is 6. The van der Waals surface area contributed by atoms with Crippen molar-refractivity contribution in [2.75, 3.05) is 32.7 Å². The van der Waals surface area contributed by atoms with Crippen molar-refractivity contribution >= 4 is 40.8 Å². The lowest BCUT2D eigenvalue weighted by Crippen LogP contribution is -2.61. The van der Waals surface area contributed by atoms with Gasteiger partial charge in [0.1, 0.15) is 12.1 Å². The molecule has 1 saturated carbocycles. The lowest BCUT2D eigenvalue weighted by atomic mass is 9.73. The summed E-state index contributed by atoms with van der Waals surface area (Å²) in [5.74, 6) is -2.90. The number of nitrogens with zero attached hydrogens (tertiary/aromatic N) is 2. The Morgan fingerprint density at radius 2 is 1.65 bits per heavy atom. The van der Waals surface area contributed by atoms with Gasteiger partial charge in [-0.2, -0.15) is 4.31 Å². The van der Waals surface area contributed by atoms with Crippen LogP contribution in [0, 0.1) is 22.7 Å². The molecular weight excluding hydrogens is 578 g/mol. The van der Waals surface area contributed by atoms with Gasteiger partial charge < -0.3 is 31.9 Å². The van der Waals surface area contributed by atoms with Crippen molar-refractivity contribution in [3.63, 3.8) is 0 Å². The topological polar surface area (TPSA) is 203 Å². The SMILES string of the molecule is CC(C)N(CCNC[C@@H](NC(=O)N[C@H](C(=O)N1C[C@@H]2CC[C@@H]2[C@H]1C(=O)NCC(=O)C(N)=O)C(C)(C)C)C(C)(C)C)S(=O)O. The zero-order valence-electron chi connectivity index (χ0n) is 26.7. The molecule has 1 aliphatic heterocycles. The van der Waals surface area contributed by atoms with E-state index in [1.54, 1.807) is 0 Å². The molecule has 0 spiro atoms. The number of nitrogens with two attached hydrogens (primary N) is 1. The highest BCUT2D eigenvalue weighted by molar-refractivity contribution is 7.76. The summed E-state index contributed by atoms with van der Waals surface area (Å²) >= 11 is -2.09. The number of fused-ring (bicyclic) bond motifs is 1. The first-order chi connectivity index (χ1) is 19.7. The molecule has 6 atom stereocenters. The van der Waals surface area contributed by atoms with E-state index < -0.39 is 64.8 Å². The van der Waals surface area contributed by atoms with Gasteiger partial charge in [0.2, 0.25) is 28.9 Å². The fourth-order valence-electron chi connectivity index (χ4n) is 5.43. The second kappa shape index (κ2) is 14.9. The predicted molar refractivity (Wildman–Crippen MR) is 163 cm³/mol. The molecule has 5 amide bonds. The maximum Gasteiger partial charge on any atom is 0.315 e. The third-order valence-electron chi connectivity index (χ3n) is 8.27. The van der Waals surface area contributed by atoms with Crippen LogP contribution in [-0.4, -0.2) is 104 Å². The summed E-state index contributed by atoms with van der Waals surface area (Å²) in [6.45, 7) is 16.0. The van der Waals surface area contributed by atoms with E-state index >= 15 is 0 Å². The van der Waals surface area contributed by atoms with Crippen molar-refractivity contribution < 1.29 is 32.7 Å². The molecule has 0 aromatic heterocycles. The van der Waals surface area contributed by atoms with Gasteiger partial charge in [-0.05, 0) is 49.4 Å². The van der Waals surface area contributed by atoms with Crippen LogP contribution in [0.4, 0.5) is 4.79 Å².